The molecule has 2 N–H and O–H groups in total. The van der Waals surface area contributed by atoms with Crippen LogP contribution in [0, 0.1) is 42.4 Å². The Bertz CT molecular complexity index is 1290. The second kappa shape index (κ2) is 8.72. The molecule has 7 heteroatoms. The van der Waals surface area contributed by atoms with Gasteiger partial charge in [0.2, 0.25) is 0 Å². The van der Waals surface area contributed by atoms with Crippen LogP contribution in [0.5, 0.6) is 0 Å². The average molecular weight is 441 g/mol. The molecular formula is C25H21ClN6. The van der Waals surface area contributed by atoms with Gasteiger partial charge < -0.3 is 10.3 Å². The van der Waals surface area contributed by atoms with E-state index >= 15 is 0 Å². The summed E-state index contributed by atoms with van der Waals surface area (Å²) in [4.78, 5) is 0. The minimum absolute atomic E-state index is 0.321. The van der Waals surface area contributed by atoms with Gasteiger partial charge in [0.05, 0.1) is 23.0 Å². The van der Waals surface area contributed by atoms with E-state index in [1.807, 2.05) is 74.5 Å². The summed E-state index contributed by atoms with van der Waals surface area (Å²) < 4.78 is 2.09. The molecule has 0 unspecified atom stereocenters. The van der Waals surface area contributed by atoms with E-state index < -0.39 is 12.1 Å². The van der Waals surface area contributed by atoms with Crippen LogP contribution in [0.15, 0.2) is 71.3 Å². The van der Waals surface area contributed by atoms with Gasteiger partial charge in [-0.05, 0) is 68.0 Å². The predicted molar refractivity (Wildman–Crippen MR) is 127 cm³/mol. The molecule has 0 amide bonds. The van der Waals surface area contributed by atoms with E-state index in [0.717, 1.165) is 28.3 Å². The van der Waals surface area contributed by atoms with E-state index in [1.54, 1.807) is 11.1 Å². The Morgan fingerprint density at radius 3 is 2.38 bits per heavy atom. The zero-order valence-corrected chi connectivity index (χ0v) is 18.5. The van der Waals surface area contributed by atoms with Gasteiger partial charge in [0.25, 0.3) is 0 Å². The number of aryl methyl sites for hydroxylation is 1. The van der Waals surface area contributed by atoms with Crippen LogP contribution in [0.1, 0.15) is 17.0 Å². The minimum atomic E-state index is -0.721. The largest absolute Gasteiger partial charge is 0.318 e. The number of hydrogen-bond donors (Lipinski definition) is 1. The predicted octanol–water partition coefficient (Wildman–Crippen LogP) is 4.96. The van der Waals surface area contributed by atoms with Crippen LogP contribution in [0.25, 0.3) is 11.8 Å². The fraction of sp³-hybridized carbons (Fsp3) is 0.160. The number of hydrogen-bond acceptors (Lipinski definition) is 5. The molecular weight excluding hydrogens is 420 g/mol. The number of halogens is 1. The lowest BCUT2D eigenvalue weighted by Gasteiger charge is -2.21. The van der Waals surface area contributed by atoms with Gasteiger partial charge in [-0.15, -0.1) is 0 Å². The molecule has 6 nitrogen and oxygen atoms in total. The average Bonchev–Trinajstić information content (AvgIpc) is 3.28. The Morgan fingerprint density at radius 2 is 1.75 bits per heavy atom. The van der Waals surface area contributed by atoms with Crippen molar-refractivity contribution in [2.45, 2.75) is 20.0 Å². The van der Waals surface area contributed by atoms with Crippen LogP contribution in [0.3, 0.4) is 0 Å². The van der Waals surface area contributed by atoms with Crippen LogP contribution >= 0.6 is 11.6 Å². The first-order valence-corrected chi connectivity index (χ1v) is 10.5. The lowest BCUT2D eigenvalue weighted by Crippen LogP contribution is -2.40. The van der Waals surface area contributed by atoms with Crippen molar-refractivity contribution in [1.82, 2.24) is 4.57 Å². The summed E-state index contributed by atoms with van der Waals surface area (Å²) in [5.74, 6) is -0.721. The molecule has 2 aromatic carbocycles. The monoisotopic (exact) mass is 440 g/mol. The third kappa shape index (κ3) is 3.78. The highest BCUT2D eigenvalue weighted by Crippen LogP contribution is 2.30. The number of aromatic nitrogens is 1. The van der Waals surface area contributed by atoms with Gasteiger partial charge >= 0.3 is 0 Å². The summed E-state index contributed by atoms with van der Waals surface area (Å²) in [5, 5.41) is 26.5. The van der Waals surface area contributed by atoms with E-state index in [2.05, 4.69) is 21.8 Å². The van der Waals surface area contributed by atoms with Crippen LogP contribution in [0.2, 0.25) is 5.02 Å². The molecule has 0 radical (unpaired) electrons. The maximum absolute atomic E-state index is 9.93. The molecule has 1 aromatic heterocycles. The fourth-order valence-electron chi connectivity index (χ4n) is 3.96. The molecule has 4 rings (SSSR count). The van der Waals surface area contributed by atoms with Crippen molar-refractivity contribution in [3.05, 3.63) is 88.2 Å². The number of anilines is 1. The van der Waals surface area contributed by atoms with Gasteiger partial charge in [-0.25, -0.2) is 5.01 Å². The topological polar surface area (TPSA) is 94.1 Å². The Morgan fingerprint density at radius 1 is 1.06 bits per heavy atom. The first-order chi connectivity index (χ1) is 15.4. The van der Waals surface area contributed by atoms with Crippen molar-refractivity contribution in [1.29, 1.82) is 10.5 Å². The first-order valence-electron chi connectivity index (χ1n) is 10.1. The van der Waals surface area contributed by atoms with E-state index in [0.29, 0.717) is 16.3 Å². The molecule has 2 heterocycles. The van der Waals surface area contributed by atoms with Gasteiger partial charge in [-0.2, -0.15) is 15.6 Å². The summed E-state index contributed by atoms with van der Waals surface area (Å²) in [6.45, 7) is 3.99. The zero-order valence-electron chi connectivity index (χ0n) is 17.7. The van der Waals surface area contributed by atoms with Crippen LogP contribution in [-0.2, 0) is 0 Å². The number of allylic oxidation sites excluding steroid dienone is 1. The summed E-state index contributed by atoms with van der Waals surface area (Å²) in [5.41, 5.74) is 11.6. The lowest BCUT2D eigenvalue weighted by atomic mass is 9.95. The second-order valence-corrected chi connectivity index (χ2v) is 8.01. The molecule has 0 spiro atoms. The number of nitrogens with two attached hydrogens (primary N) is 1. The van der Waals surface area contributed by atoms with E-state index in [4.69, 9.17) is 17.3 Å². The molecule has 0 saturated carbocycles. The molecule has 2 atom stereocenters. The Balaban J connectivity index is 1.76. The van der Waals surface area contributed by atoms with Crippen molar-refractivity contribution in [3.63, 3.8) is 0 Å². The summed E-state index contributed by atoms with van der Waals surface area (Å²) >= 11 is 6.03. The van der Waals surface area contributed by atoms with Crippen LogP contribution in [0.4, 0.5) is 5.69 Å². The molecule has 0 fully saturated rings. The lowest BCUT2D eigenvalue weighted by molar-refractivity contribution is 0.624. The van der Waals surface area contributed by atoms with Crippen molar-refractivity contribution in [2.24, 2.45) is 16.8 Å². The molecule has 1 aliphatic heterocycles. The van der Waals surface area contributed by atoms with Gasteiger partial charge in [0, 0.05) is 22.1 Å². The number of benzene rings is 2. The highest BCUT2D eigenvalue weighted by molar-refractivity contribution is 6.30. The molecule has 1 aliphatic rings. The molecule has 3 aromatic rings. The van der Waals surface area contributed by atoms with Crippen LogP contribution in [-0.4, -0.2) is 16.4 Å². The quantitative estimate of drug-likeness (QED) is 0.580. The summed E-state index contributed by atoms with van der Waals surface area (Å²) in [6.07, 6.45) is 1.11. The van der Waals surface area contributed by atoms with Crippen molar-refractivity contribution in [2.75, 3.05) is 5.01 Å². The maximum Gasteiger partial charge on any atom is 0.127 e. The summed E-state index contributed by atoms with van der Waals surface area (Å²) in [6, 6.07) is 23.4. The highest BCUT2D eigenvalue weighted by Gasteiger charge is 2.37. The van der Waals surface area contributed by atoms with Gasteiger partial charge in [0.15, 0.2) is 0 Å². The van der Waals surface area contributed by atoms with Crippen LogP contribution < -0.4 is 10.7 Å². The maximum atomic E-state index is 9.93. The SMILES string of the molecule is Cc1cc(/C=C(/C#N)C2=NN(c3ccccc3)[C@@H](N)[C@@H]2C#N)c(C)n1-c1ccc(Cl)cc1. The first kappa shape index (κ1) is 21.4. The van der Waals surface area contributed by atoms with Gasteiger partial charge in [-0.1, -0.05) is 29.8 Å². The van der Waals surface area contributed by atoms with E-state index in [-0.39, 0.29) is 0 Å². The molecule has 0 bridgehead atoms. The molecule has 32 heavy (non-hydrogen) atoms. The number of nitriles is 2. The standard InChI is InChI=1S/C25H21ClN6/c1-16-12-18(17(2)31(16)21-10-8-20(26)9-11-21)13-19(14-27)24-23(15-28)25(29)32(30-24)22-6-4-3-5-7-22/h3-13,23,25H,29H2,1-2H3/b19-13-/t23-,25-/m1/s1. The number of para-hydroxylation sites is 1. The van der Waals surface area contributed by atoms with Gasteiger partial charge in [-0.3, -0.25) is 0 Å². The third-order valence-electron chi connectivity index (χ3n) is 5.55. The number of nitrogens with zero attached hydrogens (tertiary/aromatic N) is 5. The van der Waals surface area contributed by atoms with Crippen molar-refractivity contribution in [3.8, 4) is 17.8 Å². The minimum Gasteiger partial charge on any atom is -0.318 e. The number of hydrazone groups is 1. The Kier molecular flexibility index (Phi) is 5.83. The second-order valence-electron chi connectivity index (χ2n) is 7.57. The zero-order chi connectivity index (χ0) is 22.8. The Labute approximate surface area is 192 Å². The molecule has 0 aliphatic carbocycles. The number of rotatable bonds is 4. The molecule has 158 valence electrons. The smallest absolute Gasteiger partial charge is 0.127 e. The van der Waals surface area contributed by atoms with Gasteiger partial charge in [0.1, 0.15) is 18.2 Å². The highest BCUT2D eigenvalue weighted by atomic mass is 35.5. The van der Waals surface area contributed by atoms with E-state index in [9.17, 15) is 10.5 Å². The normalized spacial score (nSPS) is 18.2. The fourth-order valence-corrected chi connectivity index (χ4v) is 4.08. The molecule has 0 saturated heterocycles. The summed E-state index contributed by atoms with van der Waals surface area (Å²) in [7, 11) is 0. The Hall–Kier alpha value is -3.84. The van der Waals surface area contributed by atoms with Crippen molar-refractivity contribution < 1.29 is 0 Å². The van der Waals surface area contributed by atoms with E-state index in [1.165, 1.54) is 0 Å². The van der Waals surface area contributed by atoms with Crippen molar-refractivity contribution >= 4 is 29.1 Å². The third-order valence-corrected chi connectivity index (χ3v) is 5.80.